The molecule has 2 atom stereocenters. The number of carbonyl (C=O) groups is 1. The Morgan fingerprint density at radius 3 is 2.55 bits per heavy atom. The molecule has 0 aromatic rings. The van der Waals surface area contributed by atoms with Gasteiger partial charge in [-0.3, -0.25) is 4.79 Å². The van der Waals surface area contributed by atoms with E-state index in [4.69, 9.17) is 5.11 Å². The molecule has 1 rings (SSSR count). The quantitative estimate of drug-likeness (QED) is 0.471. The first kappa shape index (κ1) is 10.7. The van der Waals surface area contributed by atoms with Gasteiger partial charge < -0.3 is 23.2 Å². The van der Waals surface area contributed by atoms with E-state index in [9.17, 15) is 4.79 Å². The fourth-order valence-corrected chi connectivity index (χ4v) is 1.61. The van der Waals surface area contributed by atoms with Crippen LogP contribution in [0.3, 0.4) is 0 Å². The zero-order valence-corrected chi connectivity index (χ0v) is 7.18. The highest BCUT2D eigenvalue weighted by atomic mass is 35.5. The number of hydrogen-bond acceptors (Lipinski definition) is 1. The highest BCUT2D eigenvalue weighted by Gasteiger charge is 2.28. The number of carboxylic acid groups (broad SMARTS) is 1. The van der Waals surface area contributed by atoms with Crippen molar-refractivity contribution < 1.29 is 28.0 Å². The monoisotopic (exact) mass is 179 g/mol. The fourth-order valence-electron chi connectivity index (χ4n) is 1.61. The molecule has 0 aliphatic heterocycles. The zero-order valence-electron chi connectivity index (χ0n) is 6.42. The molecule has 1 aliphatic rings. The minimum Gasteiger partial charge on any atom is -1.00 e. The summed E-state index contributed by atoms with van der Waals surface area (Å²) in [6.45, 7) is 0. The Bertz CT molecular complexity index is 140. The maximum absolute atomic E-state index is 10.3. The molecule has 1 saturated carbocycles. The zero-order chi connectivity index (χ0) is 7.56. The molecule has 11 heavy (non-hydrogen) atoms. The van der Waals surface area contributed by atoms with E-state index >= 15 is 0 Å². The van der Waals surface area contributed by atoms with E-state index in [1.165, 1.54) is 0 Å². The average Bonchev–Trinajstić information content (AvgIpc) is 2.15. The van der Waals surface area contributed by atoms with Crippen LogP contribution in [0.4, 0.5) is 0 Å². The van der Waals surface area contributed by atoms with Crippen LogP contribution in [0, 0.1) is 5.92 Å². The van der Waals surface area contributed by atoms with Crippen molar-refractivity contribution in [2.45, 2.75) is 31.7 Å². The second-order valence-electron chi connectivity index (χ2n) is 3.05. The predicted octanol–water partition coefficient (Wildman–Crippen LogP) is -3.12. The molecule has 0 spiro atoms. The summed E-state index contributed by atoms with van der Waals surface area (Å²) in [6.07, 6.45) is 3.64. The largest absolute Gasteiger partial charge is 1.00 e. The summed E-state index contributed by atoms with van der Waals surface area (Å²) in [5.41, 5.74) is 3.91. The van der Waals surface area contributed by atoms with Gasteiger partial charge in [0.25, 0.3) is 0 Å². The lowest BCUT2D eigenvalue weighted by molar-refractivity contribution is -0.428. The molecular formula is C7H14ClNO2. The van der Waals surface area contributed by atoms with Crippen LogP contribution in [-0.2, 0) is 4.79 Å². The van der Waals surface area contributed by atoms with Crippen molar-refractivity contribution in [3.63, 3.8) is 0 Å². The van der Waals surface area contributed by atoms with E-state index in [1.54, 1.807) is 0 Å². The van der Waals surface area contributed by atoms with Gasteiger partial charge in [0.05, 0.1) is 12.5 Å². The second kappa shape index (κ2) is 4.57. The van der Waals surface area contributed by atoms with Gasteiger partial charge in [0.1, 0.15) is 0 Å². The van der Waals surface area contributed by atoms with Crippen molar-refractivity contribution in [3.8, 4) is 0 Å². The first-order valence-electron chi connectivity index (χ1n) is 3.75. The molecule has 0 saturated heterocycles. The third kappa shape index (κ3) is 3.08. The summed E-state index contributed by atoms with van der Waals surface area (Å²) in [5, 5.41) is 8.46. The first-order chi connectivity index (χ1) is 4.70. The third-order valence-corrected chi connectivity index (χ3v) is 2.25. The molecule has 0 bridgehead atoms. The van der Waals surface area contributed by atoms with E-state index in [-0.39, 0.29) is 12.4 Å². The standard InChI is InChI=1S/C7H13NO2.ClH/c8-6-3-1-2-5(6)4-7(9)10;/h5-6H,1-4,8H2,(H,9,10);1H/t5-,6+;/m1./s1. The Kier molecular flexibility index (Phi) is 4.45. The molecule has 1 fully saturated rings. The van der Waals surface area contributed by atoms with E-state index in [2.05, 4.69) is 5.73 Å². The van der Waals surface area contributed by atoms with Gasteiger partial charge in [-0.2, -0.15) is 0 Å². The number of hydrogen-bond donors (Lipinski definition) is 2. The van der Waals surface area contributed by atoms with E-state index in [0.29, 0.717) is 18.4 Å². The molecular weight excluding hydrogens is 166 g/mol. The Morgan fingerprint density at radius 1 is 1.55 bits per heavy atom. The lowest BCUT2D eigenvalue weighted by Gasteiger charge is -2.07. The molecule has 4 heteroatoms. The number of rotatable bonds is 2. The van der Waals surface area contributed by atoms with Gasteiger partial charge in [-0.25, -0.2) is 0 Å². The highest BCUT2D eigenvalue weighted by molar-refractivity contribution is 5.67. The van der Waals surface area contributed by atoms with Crippen molar-refractivity contribution in [2.24, 2.45) is 5.92 Å². The van der Waals surface area contributed by atoms with Gasteiger partial charge in [0.2, 0.25) is 0 Å². The minimum absolute atomic E-state index is 0. The number of aliphatic carboxylic acids is 1. The van der Waals surface area contributed by atoms with E-state index in [0.717, 1.165) is 19.3 Å². The molecule has 4 N–H and O–H groups in total. The molecule has 0 aromatic carbocycles. The van der Waals surface area contributed by atoms with E-state index in [1.807, 2.05) is 0 Å². The van der Waals surface area contributed by atoms with Crippen molar-refractivity contribution in [1.29, 1.82) is 0 Å². The van der Waals surface area contributed by atoms with Crippen LogP contribution in [0.15, 0.2) is 0 Å². The Morgan fingerprint density at radius 2 is 2.18 bits per heavy atom. The molecule has 0 amide bonds. The molecule has 0 unspecified atom stereocenters. The van der Waals surface area contributed by atoms with Gasteiger partial charge >= 0.3 is 5.97 Å². The van der Waals surface area contributed by atoms with Crippen LogP contribution in [-0.4, -0.2) is 17.1 Å². The maximum atomic E-state index is 10.3. The summed E-state index contributed by atoms with van der Waals surface area (Å²) in [5.74, 6) is -0.335. The SMILES string of the molecule is [Cl-].[NH3+][C@H]1CCC[C@@H]1CC(=O)O. The van der Waals surface area contributed by atoms with Gasteiger partial charge in [-0.05, 0) is 19.3 Å². The van der Waals surface area contributed by atoms with Gasteiger partial charge in [0, 0.05) is 5.92 Å². The molecule has 0 heterocycles. The number of halogens is 1. The smallest absolute Gasteiger partial charge is 0.303 e. The second-order valence-corrected chi connectivity index (χ2v) is 3.05. The van der Waals surface area contributed by atoms with Crippen molar-refractivity contribution in [2.75, 3.05) is 0 Å². The van der Waals surface area contributed by atoms with E-state index < -0.39 is 5.97 Å². The molecule has 3 nitrogen and oxygen atoms in total. The summed E-state index contributed by atoms with van der Waals surface area (Å²) in [6, 6.07) is 0.385. The Hall–Kier alpha value is -0.280. The van der Waals surface area contributed by atoms with Crippen molar-refractivity contribution in [3.05, 3.63) is 0 Å². The first-order valence-corrected chi connectivity index (χ1v) is 3.75. The van der Waals surface area contributed by atoms with Crippen molar-refractivity contribution in [1.82, 2.24) is 0 Å². The van der Waals surface area contributed by atoms with Gasteiger partial charge in [-0.15, -0.1) is 0 Å². The van der Waals surface area contributed by atoms with Crippen LogP contribution >= 0.6 is 0 Å². The Labute approximate surface area is 72.4 Å². The summed E-state index contributed by atoms with van der Waals surface area (Å²) in [4.78, 5) is 10.3. The number of carboxylic acids is 1. The highest BCUT2D eigenvalue weighted by Crippen LogP contribution is 2.25. The maximum Gasteiger partial charge on any atom is 0.303 e. The molecule has 1 aliphatic carbocycles. The van der Waals surface area contributed by atoms with Crippen LogP contribution < -0.4 is 18.1 Å². The predicted molar refractivity (Wildman–Crippen MR) is 36.3 cm³/mol. The van der Waals surface area contributed by atoms with Crippen LogP contribution in [0.25, 0.3) is 0 Å². The third-order valence-electron chi connectivity index (χ3n) is 2.25. The van der Waals surface area contributed by atoms with Crippen molar-refractivity contribution >= 4 is 5.97 Å². The van der Waals surface area contributed by atoms with Crippen LogP contribution in [0.1, 0.15) is 25.7 Å². The summed E-state index contributed by atoms with van der Waals surface area (Å²) in [7, 11) is 0. The lowest BCUT2D eigenvalue weighted by atomic mass is 10.0. The fraction of sp³-hybridized carbons (Fsp3) is 0.857. The Balaban J connectivity index is 0.000001000. The van der Waals surface area contributed by atoms with Gasteiger partial charge in [-0.1, -0.05) is 0 Å². The van der Waals surface area contributed by atoms with Gasteiger partial charge in [0.15, 0.2) is 0 Å². The minimum atomic E-state index is -0.680. The van der Waals surface area contributed by atoms with Crippen LogP contribution in [0.2, 0.25) is 0 Å². The number of quaternary nitrogens is 1. The van der Waals surface area contributed by atoms with Crippen LogP contribution in [0.5, 0.6) is 0 Å². The lowest BCUT2D eigenvalue weighted by Crippen LogP contribution is -3.00. The molecule has 0 aromatic heterocycles. The molecule has 66 valence electrons. The average molecular weight is 180 g/mol. The topological polar surface area (TPSA) is 64.9 Å². The summed E-state index contributed by atoms with van der Waals surface area (Å²) < 4.78 is 0. The normalized spacial score (nSPS) is 29.5. The summed E-state index contributed by atoms with van der Waals surface area (Å²) >= 11 is 0. The molecule has 0 radical (unpaired) electrons.